The number of nitrogens with one attached hydrogen (secondary N) is 2. The van der Waals surface area contributed by atoms with E-state index in [1.165, 1.54) is 7.11 Å². The Hall–Kier alpha value is -2.79. The average molecular weight is 357 g/mol. The Morgan fingerprint density at radius 2 is 1.88 bits per heavy atom. The number of H-pyrrole nitrogens is 1. The molecule has 0 aliphatic heterocycles. The van der Waals surface area contributed by atoms with Crippen molar-refractivity contribution >= 4 is 34.4 Å². The second-order valence-corrected chi connectivity index (χ2v) is 6.06. The number of methoxy groups -OCH3 is 1. The maximum atomic E-state index is 12.4. The number of ether oxygens (including phenoxy) is 1. The Morgan fingerprint density at radius 3 is 2.60 bits per heavy atom. The van der Waals surface area contributed by atoms with Crippen LogP contribution in [0, 0.1) is 0 Å². The lowest BCUT2D eigenvalue weighted by Gasteiger charge is -2.16. The molecule has 1 heterocycles. The summed E-state index contributed by atoms with van der Waals surface area (Å²) in [4.78, 5) is 27.7. The van der Waals surface area contributed by atoms with Crippen molar-refractivity contribution in [2.24, 2.45) is 0 Å². The molecule has 0 radical (unpaired) electrons. The number of rotatable bonds is 5. The van der Waals surface area contributed by atoms with Gasteiger partial charge < -0.3 is 15.0 Å². The number of para-hydroxylation sites is 1. The van der Waals surface area contributed by atoms with Gasteiger partial charge in [0.15, 0.2) is 0 Å². The van der Waals surface area contributed by atoms with E-state index in [-0.39, 0.29) is 5.91 Å². The molecule has 3 aromatic rings. The van der Waals surface area contributed by atoms with Gasteiger partial charge in [0.25, 0.3) is 5.91 Å². The largest absolute Gasteiger partial charge is 0.467 e. The Morgan fingerprint density at radius 1 is 1.16 bits per heavy atom. The van der Waals surface area contributed by atoms with Gasteiger partial charge in [-0.15, -0.1) is 0 Å². The molecule has 6 heteroatoms. The summed E-state index contributed by atoms with van der Waals surface area (Å²) >= 11 is 5.84. The molecule has 128 valence electrons. The molecule has 2 aromatic carbocycles. The minimum Gasteiger partial charge on any atom is -0.467 e. The third-order valence-corrected chi connectivity index (χ3v) is 4.25. The molecule has 0 saturated heterocycles. The van der Waals surface area contributed by atoms with E-state index in [1.54, 1.807) is 24.3 Å². The van der Waals surface area contributed by atoms with Gasteiger partial charge in [-0.25, -0.2) is 4.79 Å². The van der Waals surface area contributed by atoms with Crippen LogP contribution in [0.25, 0.3) is 10.9 Å². The van der Waals surface area contributed by atoms with E-state index in [4.69, 9.17) is 16.3 Å². The Bertz CT molecular complexity index is 902. The zero-order valence-corrected chi connectivity index (χ0v) is 14.3. The highest BCUT2D eigenvalue weighted by molar-refractivity contribution is 6.30. The highest BCUT2D eigenvalue weighted by Crippen LogP contribution is 2.19. The molecule has 1 atom stereocenters. The standard InChI is InChI=1S/C19H17ClN2O3/c1-25-19(24)17(22-18(23)12-6-8-14(20)9-7-12)10-13-11-21-16-5-3-2-4-15(13)16/h2-9,11,17,21H,10H2,1H3,(H,22,23)/t17-/m1/s1. The smallest absolute Gasteiger partial charge is 0.328 e. The van der Waals surface area contributed by atoms with Gasteiger partial charge in [-0.3, -0.25) is 4.79 Å². The maximum Gasteiger partial charge on any atom is 0.328 e. The first-order valence-corrected chi connectivity index (χ1v) is 8.15. The van der Waals surface area contributed by atoms with Crippen molar-refractivity contribution in [1.29, 1.82) is 0 Å². The van der Waals surface area contributed by atoms with Gasteiger partial charge >= 0.3 is 5.97 Å². The molecule has 0 saturated carbocycles. The second-order valence-electron chi connectivity index (χ2n) is 5.62. The zero-order valence-electron chi connectivity index (χ0n) is 13.6. The third-order valence-electron chi connectivity index (χ3n) is 4.00. The normalized spacial score (nSPS) is 11.9. The number of halogens is 1. The van der Waals surface area contributed by atoms with Gasteiger partial charge in [-0.2, -0.15) is 0 Å². The van der Waals surface area contributed by atoms with Crippen molar-refractivity contribution in [3.05, 3.63) is 70.9 Å². The van der Waals surface area contributed by atoms with Crippen molar-refractivity contribution in [3.8, 4) is 0 Å². The molecule has 5 nitrogen and oxygen atoms in total. The monoisotopic (exact) mass is 356 g/mol. The summed E-state index contributed by atoms with van der Waals surface area (Å²) in [6, 6.07) is 13.5. The lowest BCUT2D eigenvalue weighted by atomic mass is 10.0. The van der Waals surface area contributed by atoms with Crippen LogP contribution in [0.3, 0.4) is 0 Å². The Labute approximate surface area is 149 Å². The lowest BCUT2D eigenvalue weighted by Crippen LogP contribution is -2.43. The summed E-state index contributed by atoms with van der Waals surface area (Å²) in [5.74, 6) is -0.848. The molecule has 0 spiro atoms. The molecule has 2 N–H and O–H groups in total. The number of aromatic amines is 1. The van der Waals surface area contributed by atoms with Crippen molar-refractivity contribution in [2.75, 3.05) is 7.11 Å². The van der Waals surface area contributed by atoms with Crippen LogP contribution in [0.4, 0.5) is 0 Å². The molecule has 0 fully saturated rings. The Kier molecular flexibility index (Phi) is 5.05. The number of carbonyl (C=O) groups is 2. The Balaban J connectivity index is 1.81. The predicted octanol–water partition coefficient (Wildman–Crippen LogP) is 3.34. The summed E-state index contributed by atoms with van der Waals surface area (Å²) in [6.45, 7) is 0. The van der Waals surface area contributed by atoms with Crippen molar-refractivity contribution < 1.29 is 14.3 Å². The summed E-state index contributed by atoms with van der Waals surface area (Å²) in [7, 11) is 1.30. The molecule has 1 amide bonds. The van der Waals surface area contributed by atoms with Crippen LogP contribution < -0.4 is 5.32 Å². The fourth-order valence-electron chi connectivity index (χ4n) is 2.70. The first-order valence-electron chi connectivity index (χ1n) is 7.77. The molecule has 0 aliphatic rings. The quantitative estimate of drug-likeness (QED) is 0.689. The van der Waals surface area contributed by atoms with Crippen molar-refractivity contribution in [2.45, 2.75) is 12.5 Å². The van der Waals surface area contributed by atoms with Crippen LogP contribution in [0.2, 0.25) is 5.02 Å². The second kappa shape index (κ2) is 7.40. The molecule has 25 heavy (non-hydrogen) atoms. The van der Waals surface area contributed by atoms with E-state index in [0.717, 1.165) is 16.5 Å². The van der Waals surface area contributed by atoms with Gasteiger partial charge in [0, 0.05) is 34.1 Å². The summed E-state index contributed by atoms with van der Waals surface area (Å²) < 4.78 is 4.84. The third kappa shape index (κ3) is 3.83. The van der Waals surface area contributed by atoms with Gasteiger partial charge in [0.05, 0.1) is 7.11 Å². The van der Waals surface area contributed by atoms with Gasteiger partial charge in [0.2, 0.25) is 0 Å². The minimum absolute atomic E-state index is 0.329. The SMILES string of the molecule is COC(=O)[C@@H](Cc1c[nH]c2ccccc12)NC(=O)c1ccc(Cl)cc1. The summed E-state index contributed by atoms with van der Waals surface area (Å²) in [5, 5.41) is 4.29. The number of esters is 1. The molecule has 0 unspecified atom stereocenters. The number of benzene rings is 2. The maximum absolute atomic E-state index is 12.4. The molecule has 3 rings (SSSR count). The molecular weight excluding hydrogens is 340 g/mol. The van der Waals surface area contributed by atoms with E-state index in [1.807, 2.05) is 30.5 Å². The van der Waals surface area contributed by atoms with Crippen molar-refractivity contribution in [1.82, 2.24) is 10.3 Å². The topological polar surface area (TPSA) is 71.2 Å². The fraction of sp³-hybridized carbons (Fsp3) is 0.158. The summed E-state index contributed by atoms with van der Waals surface area (Å²) in [6.07, 6.45) is 2.17. The highest BCUT2D eigenvalue weighted by Gasteiger charge is 2.23. The zero-order chi connectivity index (χ0) is 17.8. The predicted molar refractivity (Wildman–Crippen MR) is 96.7 cm³/mol. The van der Waals surface area contributed by atoms with Crippen LogP contribution in [0.1, 0.15) is 15.9 Å². The number of fused-ring (bicyclic) bond motifs is 1. The van der Waals surface area contributed by atoms with E-state index in [9.17, 15) is 9.59 Å². The number of amides is 1. The molecule has 1 aromatic heterocycles. The van der Waals surface area contributed by atoms with Crippen LogP contribution in [0.5, 0.6) is 0 Å². The summed E-state index contributed by atoms with van der Waals surface area (Å²) in [5.41, 5.74) is 2.34. The molecular formula is C19H17ClN2O3. The minimum atomic E-state index is -0.785. The van der Waals surface area contributed by atoms with Gasteiger partial charge in [-0.05, 0) is 35.9 Å². The fourth-order valence-corrected chi connectivity index (χ4v) is 2.82. The van der Waals surface area contributed by atoms with Crippen molar-refractivity contribution in [3.63, 3.8) is 0 Å². The first-order chi connectivity index (χ1) is 12.1. The highest BCUT2D eigenvalue weighted by atomic mass is 35.5. The number of hydrogen-bond acceptors (Lipinski definition) is 3. The van der Waals surface area contributed by atoms with Gasteiger partial charge in [-0.1, -0.05) is 29.8 Å². The van der Waals surface area contributed by atoms with E-state index in [0.29, 0.717) is 17.0 Å². The number of aromatic nitrogens is 1. The number of hydrogen-bond donors (Lipinski definition) is 2. The molecule has 0 aliphatic carbocycles. The lowest BCUT2D eigenvalue weighted by molar-refractivity contribution is -0.142. The van der Waals surface area contributed by atoms with Gasteiger partial charge in [0.1, 0.15) is 6.04 Å². The first kappa shape index (κ1) is 17.0. The van der Waals surface area contributed by atoms with E-state index < -0.39 is 12.0 Å². The average Bonchev–Trinajstić information content (AvgIpc) is 3.04. The van der Waals surface area contributed by atoms with E-state index >= 15 is 0 Å². The van der Waals surface area contributed by atoms with Crippen LogP contribution in [-0.4, -0.2) is 30.0 Å². The number of carbonyl (C=O) groups excluding carboxylic acids is 2. The van der Waals surface area contributed by atoms with Crippen LogP contribution in [0.15, 0.2) is 54.7 Å². The van der Waals surface area contributed by atoms with Crippen LogP contribution >= 0.6 is 11.6 Å². The molecule has 0 bridgehead atoms. The van der Waals surface area contributed by atoms with E-state index in [2.05, 4.69) is 10.3 Å². The van der Waals surface area contributed by atoms with Crippen LogP contribution in [-0.2, 0) is 16.0 Å².